The topological polar surface area (TPSA) is 0 Å². The van der Waals surface area contributed by atoms with Gasteiger partial charge in [-0.25, -0.2) is 0 Å². The van der Waals surface area contributed by atoms with E-state index < -0.39 is 0 Å². The molecule has 0 nitrogen and oxygen atoms in total. The third-order valence-corrected chi connectivity index (χ3v) is 9.99. The van der Waals surface area contributed by atoms with Gasteiger partial charge in [-0.3, -0.25) is 0 Å². The third-order valence-electron chi connectivity index (χ3n) is 5.16. The lowest BCUT2D eigenvalue weighted by Crippen LogP contribution is -1.80. The molecule has 4 heteroatoms. The number of hydrogen-bond donors (Lipinski definition) is 0. The second-order valence-electron chi connectivity index (χ2n) is 7.50. The molecule has 0 unspecified atom stereocenters. The molecular formula is C28H26S4. The van der Waals surface area contributed by atoms with Crippen molar-refractivity contribution in [2.45, 2.75) is 25.7 Å². The summed E-state index contributed by atoms with van der Waals surface area (Å²) in [5.41, 5.74) is 5.40. The van der Waals surface area contributed by atoms with Crippen molar-refractivity contribution in [3.05, 3.63) is 108 Å². The molecule has 32 heavy (non-hydrogen) atoms. The average molecular weight is 491 g/mol. The molecule has 0 N–H and O–H groups in total. The highest BCUT2D eigenvalue weighted by molar-refractivity contribution is 7.28. The molecule has 0 aliphatic carbocycles. The molecular weight excluding hydrogens is 465 g/mol. The van der Waals surface area contributed by atoms with Gasteiger partial charge in [-0.15, -0.1) is 71.7 Å². The highest BCUT2D eigenvalue weighted by Crippen LogP contribution is 2.47. The minimum atomic E-state index is 0.876. The Morgan fingerprint density at radius 1 is 0.594 bits per heavy atom. The lowest BCUT2D eigenvalue weighted by Gasteiger charge is -1.98. The van der Waals surface area contributed by atoms with E-state index in [-0.39, 0.29) is 0 Å². The van der Waals surface area contributed by atoms with Crippen LogP contribution >= 0.6 is 45.3 Å². The van der Waals surface area contributed by atoms with Crippen LogP contribution in [0.2, 0.25) is 0 Å². The summed E-state index contributed by atoms with van der Waals surface area (Å²) < 4.78 is 0. The van der Waals surface area contributed by atoms with E-state index in [0.717, 1.165) is 25.7 Å². The second kappa shape index (κ2) is 10.6. The molecule has 0 saturated heterocycles. The predicted octanol–water partition coefficient (Wildman–Crippen LogP) is 9.85. The molecule has 0 radical (unpaired) electrons. The van der Waals surface area contributed by atoms with Crippen molar-refractivity contribution < 1.29 is 0 Å². The molecule has 4 aromatic rings. The maximum Gasteiger partial charge on any atom is 0.0484 e. The summed E-state index contributed by atoms with van der Waals surface area (Å²) in [5, 5.41) is 4.43. The molecule has 4 heterocycles. The smallest absolute Gasteiger partial charge is 0.0484 e. The van der Waals surface area contributed by atoms with E-state index >= 15 is 0 Å². The Kier molecular flexibility index (Phi) is 7.59. The molecule has 0 bridgehead atoms. The molecule has 162 valence electrons. The fraction of sp³-hybridized carbons (Fsp3) is 0.143. The van der Waals surface area contributed by atoms with E-state index in [4.69, 9.17) is 0 Å². The molecule has 0 aromatic carbocycles. The average Bonchev–Trinajstić information content (AvgIpc) is 3.55. The molecule has 0 saturated carbocycles. The first-order valence-electron chi connectivity index (χ1n) is 10.5. The van der Waals surface area contributed by atoms with Crippen molar-refractivity contribution in [3.63, 3.8) is 0 Å². The van der Waals surface area contributed by atoms with Gasteiger partial charge in [0, 0.05) is 29.3 Å². The summed E-state index contributed by atoms with van der Waals surface area (Å²) in [6.45, 7) is 15.8. The Morgan fingerprint density at radius 3 is 1.78 bits per heavy atom. The zero-order valence-electron chi connectivity index (χ0n) is 18.1. The molecule has 4 aromatic heterocycles. The first-order chi connectivity index (χ1) is 15.7. The zero-order valence-corrected chi connectivity index (χ0v) is 21.3. The van der Waals surface area contributed by atoms with E-state index in [2.05, 4.69) is 61.3 Å². The van der Waals surface area contributed by atoms with Crippen LogP contribution in [0.5, 0.6) is 0 Å². The standard InChI is InChI=1S/C28H26S4/c1-5-9-19-15-23(30-18-19)27-21(11-7-3)17-25(32-27)28-22(12-8-4)16-24(31-28)26-20(10-6-2)13-14-29-26/h5-8,13-18H,1-4,9-12H2. The SMILES string of the molecule is C=CCc1csc(-c2sc(-c3sc(-c4sccc4CC=C)cc3CC=C)cc2CC=C)c1. The number of rotatable bonds is 11. The van der Waals surface area contributed by atoms with Gasteiger partial charge in [-0.1, -0.05) is 24.3 Å². The lowest BCUT2D eigenvalue weighted by atomic mass is 10.1. The number of thiophene rings is 4. The molecule has 0 fully saturated rings. The van der Waals surface area contributed by atoms with Crippen LogP contribution in [0.4, 0.5) is 0 Å². The van der Waals surface area contributed by atoms with Gasteiger partial charge in [0.2, 0.25) is 0 Å². The van der Waals surface area contributed by atoms with Gasteiger partial charge in [0.05, 0.1) is 0 Å². The second-order valence-corrected chi connectivity index (χ2v) is 11.4. The Hall–Kier alpha value is -2.24. The van der Waals surface area contributed by atoms with Gasteiger partial charge in [0.25, 0.3) is 0 Å². The van der Waals surface area contributed by atoms with Crippen LogP contribution in [0, 0.1) is 0 Å². The van der Waals surface area contributed by atoms with Crippen molar-refractivity contribution in [1.82, 2.24) is 0 Å². The van der Waals surface area contributed by atoms with Crippen LogP contribution in [0.15, 0.2) is 85.6 Å². The fourth-order valence-corrected chi connectivity index (χ4v) is 8.44. The summed E-state index contributed by atoms with van der Waals surface area (Å²) in [4.78, 5) is 8.11. The van der Waals surface area contributed by atoms with E-state index in [1.54, 1.807) is 0 Å². The molecule has 0 amide bonds. The first kappa shape index (κ1) is 22.9. The van der Waals surface area contributed by atoms with Gasteiger partial charge in [0.15, 0.2) is 0 Å². The van der Waals surface area contributed by atoms with Gasteiger partial charge in [-0.05, 0) is 83.0 Å². The summed E-state index contributed by atoms with van der Waals surface area (Å²) in [6.07, 6.45) is 11.5. The molecule has 0 atom stereocenters. The van der Waals surface area contributed by atoms with Crippen LogP contribution in [0.3, 0.4) is 0 Å². The van der Waals surface area contributed by atoms with Crippen LogP contribution in [-0.2, 0) is 25.7 Å². The summed E-state index contributed by atoms with van der Waals surface area (Å²) in [5.74, 6) is 0. The maximum absolute atomic E-state index is 4.01. The monoisotopic (exact) mass is 490 g/mol. The molecule has 0 aliphatic rings. The highest BCUT2D eigenvalue weighted by atomic mass is 32.1. The largest absolute Gasteiger partial charge is 0.143 e. The Labute approximate surface area is 207 Å². The lowest BCUT2D eigenvalue weighted by molar-refractivity contribution is 1.29. The normalized spacial score (nSPS) is 10.9. The van der Waals surface area contributed by atoms with Crippen LogP contribution in [0.25, 0.3) is 29.3 Å². The Morgan fingerprint density at radius 2 is 1.16 bits per heavy atom. The van der Waals surface area contributed by atoms with Crippen molar-refractivity contribution in [2.75, 3.05) is 0 Å². The van der Waals surface area contributed by atoms with Gasteiger partial charge in [-0.2, -0.15) is 0 Å². The molecule has 0 spiro atoms. The maximum atomic E-state index is 4.01. The summed E-state index contributed by atoms with van der Waals surface area (Å²) >= 11 is 7.45. The van der Waals surface area contributed by atoms with E-state index in [1.807, 2.05) is 69.7 Å². The predicted molar refractivity (Wildman–Crippen MR) is 150 cm³/mol. The first-order valence-corrected chi connectivity index (χ1v) is 13.9. The van der Waals surface area contributed by atoms with Gasteiger partial charge in [0.1, 0.15) is 0 Å². The van der Waals surface area contributed by atoms with E-state index in [1.165, 1.54) is 51.5 Å². The van der Waals surface area contributed by atoms with Crippen LogP contribution < -0.4 is 0 Å². The van der Waals surface area contributed by atoms with Gasteiger partial charge >= 0.3 is 0 Å². The van der Waals surface area contributed by atoms with Crippen molar-refractivity contribution in [3.8, 4) is 29.3 Å². The minimum Gasteiger partial charge on any atom is -0.143 e. The van der Waals surface area contributed by atoms with Crippen molar-refractivity contribution in [1.29, 1.82) is 0 Å². The quantitative estimate of drug-likeness (QED) is 0.183. The summed E-state index contributed by atoms with van der Waals surface area (Å²) in [6, 6.07) is 9.26. The third kappa shape index (κ3) is 4.74. The van der Waals surface area contributed by atoms with Gasteiger partial charge < -0.3 is 0 Å². The Bertz CT molecular complexity index is 1250. The van der Waals surface area contributed by atoms with Crippen molar-refractivity contribution in [2.24, 2.45) is 0 Å². The van der Waals surface area contributed by atoms with Crippen LogP contribution in [-0.4, -0.2) is 0 Å². The minimum absolute atomic E-state index is 0.876. The summed E-state index contributed by atoms with van der Waals surface area (Å²) in [7, 11) is 0. The highest BCUT2D eigenvalue weighted by Gasteiger charge is 2.19. The van der Waals surface area contributed by atoms with E-state index in [9.17, 15) is 0 Å². The zero-order chi connectivity index (χ0) is 22.5. The molecule has 0 aliphatic heterocycles. The molecule has 4 rings (SSSR count). The fourth-order valence-electron chi connectivity index (χ4n) is 3.75. The number of hydrogen-bond acceptors (Lipinski definition) is 4. The van der Waals surface area contributed by atoms with E-state index in [0.29, 0.717) is 0 Å². The number of allylic oxidation sites excluding steroid dienone is 4. The van der Waals surface area contributed by atoms with Crippen molar-refractivity contribution >= 4 is 45.3 Å². The Balaban J connectivity index is 1.79. The van der Waals surface area contributed by atoms with Crippen LogP contribution in [0.1, 0.15) is 22.3 Å².